The molecule has 0 spiro atoms. The molecule has 1 N–H and O–H groups in total. The van der Waals surface area contributed by atoms with Crippen LogP contribution in [-0.2, 0) is 0 Å². The summed E-state index contributed by atoms with van der Waals surface area (Å²) in [5.74, 6) is -0.253. The Balaban J connectivity index is 2.47. The molecule has 0 bridgehead atoms. The third-order valence-corrected chi connectivity index (χ3v) is 3.66. The van der Waals surface area contributed by atoms with Crippen molar-refractivity contribution in [3.05, 3.63) is 69.5 Å². The van der Waals surface area contributed by atoms with E-state index in [9.17, 15) is 4.39 Å². The first-order chi connectivity index (χ1) is 9.63. The second-order valence-electron chi connectivity index (χ2n) is 4.57. The molecule has 0 amide bonds. The zero-order valence-corrected chi connectivity index (χ0v) is 12.7. The summed E-state index contributed by atoms with van der Waals surface area (Å²) in [6.45, 7) is 2.83. The van der Waals surface area contributed by atoms with Crippen LogP contribution in [0.25, 0.3) is 0 Å². The Bertz CT molecular complexity index is 586. The van der Waals surface area contributed by atoms with Crippen LogP contribution in [0.1, 0.15) is 30.5 Å². The molecule has 4 heteroatoms. The highest BCUT2D eigenvalue weighted by atomic mass is 35.5. The van der Waals surface area contributed by atoms with Gasteiger partial charge in [0.15, 0.2) is 0 Å². The Hall–Kier alpha value is -1.09. The van der Waals surface area contributed by atoms with Crippen molar-refractivity contribution < 1.29 is 4.39 Å². The van der Waals surface area contributed by atoms with Gasteiger partial charge in [-0.1, -0.05) is 48.3 Å². The number of hydrogen-bond acceptors (Lipinski definition) is 1. The molecule has 106 valence electrons. The fourth-order valence-corrected chi connectivity index (χ4v) is 2.53. The summed E-state index contributed by atoms with van der Waals surface area (Å²) >= 11 is 12.3. The summed E-state index contributed by atoms with van der Waals surface area (Å²) in [5.41, 5.74) is 1.36. The van der Waals surface area contributed by atoms with Crippen LogP contribution >= 0.6 is 23.2 Å². The molecule has 20 heavy (non-hydrogen) atoms. The average molecular weight is 312 g/mol. The molecule has 1 nitrogen and oxygen atoms in total. The topological polar surface area (TPSA) is 12.0 Å². The van der Waals surface area contributed by atoms with Crippen LogP contribution in [0.4, 0.5) is 4.39 Å². The molecule has 0 heterocycles. The molecule has 2 rings (SSSR count). The van der Waals surface area contributed by atoms with Crippen LogP contribution in [0, 0.1) is 5.82 Å². The Morgan fingerprint density at radius 1 is 1.10 bits per heavy atom. The van der Waals surface area contributed by atoms with Gasteiger partial charge in [0.25, 0.3) is 0 Å². The highest BCUT2D eigenvalue weighted by Crippen LogP contribution is 2.31. The van der Waals surface area contributed by atoms with Crippen molar-refractivity contribution in [2.24, 2.45) is 0 Å². The van der Waals surface area contributed by atoms with Gasteiger partial charge in [-0.05, 0) is 42.8 Å². The minimum absolute atomic E-state index is 0.253. The zero-order valence-electron chi connectivity index (χ0n) is 11.2. The van der Waals surface area contributed by atoms with Gasteiger partial charge in [-0.2, -0.15) is 0 Å². The van der Waals surface area contributed by atoms with Gasteiger partial charge in [0.2, 0.25) is 0 Å². The first-order valence-corrected chi connectivity index (χ1v) is 7.31. The molecule has 0 fully saturated rings. The van der Waals surface area contributed by atoms with E-state index in [1.807, 2.05) is 6.07 Å². The molecule has 0 aromatic heterocycles. The fourth-order valence-electron chi connectivity index (χ4n) is 2.12. The van der Waals surface area contributed by atoms with E-state index in [1.165, 1.54) is 6.07 Å². The Morgan fingerprint density at radius 2 is 1.85 bits per heavy atom. The van der Waals surface area contributed by atoms with E-state index < -0.39 is 0 Å². The molecular weight excluding hydrogens is 296 g/mol. The summed E-state index contributed by atoms with van der Waals surface area (Å²) < 4.78 is 14.1. The summed E-state index contributed by atoms with van der Waals surface area (Å²) in [5, 5.41) is 4.49. The lowest BCUT2D eigenvalue weighted by atomic mass is 9.98. The Labute approximate surface area is 128 Å². The van der Waals surface area contributed by atoms with E-state index in [-0.39, 0.29) is 11.9 Å². The molecule has 2 aromatic carbocycles. The van der Waals surface area contributed by atoms with Crippen molar-refractivity contribution in [3.63, 3.8) is 0 Å². The summed E-state index contributed by atoms with van der Waals surface area (Å²) in [4.78, 5) is 0. The molecular formula is C16H16Cl2FN. The highest BCUT2D eigenvalue weighted by Gasteiger charge is 2.19. The number of nitrogens with one attached hydrogen (secondary N) is 1. The highest BCUT2D eigenvalue weighted by molar-refractivity contribution is 6.33. The number of rotatable bonds is 5. The molecule has 1 atom stereocenters. The van der Waals surface area contributed by atoms with Gasteiger partial charge < -0.3 is 5.32 Å². The molecule has 0 saturated carbocycles. The van der Waals surface area contributed by atoms with Crippen LogP contribution in [0.3, 0.4) is 0 Å². The van der Waals surface area contributed by atoms with Crippen LogP contribution in [0.15, 0.2) is 42.5 Å². The van der Waals surface area contributed by atoms with Crippen LogP contribution in [0.5, 0.6) is 0 Å². The monoisotopic (exact) mass is 311 g/mol. The van der Waals surface area contributed by atoms with Crippen LogP contribution in [-0.4, -0.2) is 6.54 Å². The van der Waals surface area contributed by atoms with E-state index >= 15 is 0 Å². The summed E-state index contributed by atoms with van der Waals surface area (Å²) in [6, 6.07) is 11.7. The van der Waals surface area contributed by atoms with Crippen LogP contribution in [0.2, 0.25) is 10.0 Å². The van der Waals surface area contributed by atoms with Crippen molar-refractivity contribution in [1.29, 1.82) is 0 Å². The minimum atomic E-state index is -0.303. The van der Waals surface area contributed by atoms with Crippen LogP contribution < -0.4 is 5.32 Å². The Kier molecular flexibility index (Phi) is 5.41. The van der Waals surface area contributed by atoms with Gasteiger partial charge in [0.05, 0.1) is 6.04 Å². The molecule has 0 aliphatic rings. The van der Waals surface area contributed by atoms with E-state index in [1.54, 1.807) is 30.3 Å². The average Bonchev–Trinajstić information content (AvgIpc) is 2.44. The standard InChI is InChI=1S/C16H16Cl2FN/c1-2-9-20-16(12-5-3-4-6-15(12)19)13-10-11(17)7-8-14(13)18/h3-8,10,16,20H,2,9H2,1H3. The van der Waals surface area contributed by atoms with E-state index in [4.69, 9.17) is 23.2 Å². The van der Waals surface area contributed by atoms with Gasteiger partial charge in [0, 0.05) is 15.6 Å². The lowest BCUT2D eigenvalue weighted by Crippen LogP contribution is -2.24. The molecule has 0 saturated heterocycles. The SMILES string of the molecule is CCCNC(c1ccccc1F)c1cc(Cl)ccc1Cl. The second-order valence-corrected chi connectivity index (χ2v) is 5.42. The Morgan fingerprint density at radius 3 is 2.55 bits per heavy atom. The van der Waals surface area contributed by atoms with Crippen molar-refractivity contribution in [3.8, 4) is 0 Å². The molecule has 0 aliphatic carbocycles. The molecule has 1 unspecified atom stereocenters. The first-order valence-electron chi connectivity index (χ1n) is 6.56. The maximum Gasteiger partial charge on any atom is 0.128 e. The lowest BCUT2D eigenvalue weighted by Gasteiger charge is -2.21. The third-order valence-electron chi connectivity index (χ3n) is 3.08. The normalized spacial score (nSPS) is 12.4. The van der Waals surface area contributed by atoms with Gasteiger partial charge in [-0.25, -0.2) is 4.39 Å². The predicted molar refractivity (Wildman–Crippen MR) is 83.0 cm³/mol. The fraction of sp³-hybridized carbons (Fsp3) is 0.250. The summed E-state index contributed by atoms with van der Waals surface area (Å²) in [7, 11) is 0. The molecule has 0 aliphatic heterocycles. The second kappa shape index (κ2) is 7.07. The summed E-state index contributed by atoms with van der Waals surface area (Å²) in [6.07, 6.45) is 0.948. The van der Waals surface area contributed by atoms with E-state index in [0.29, 0.717) is 15.6 Å². The maximum absolute atomic E-state index is 14.1. The van der Waals surface area contributed by atoms with Crippen molar-refractivity contribution in [2.45, 2.75) is 19.4 Å². The molecule has 2 aromatic rings. The largest absolute Gasteiger partial charge is 0.306 e. The van der Waals surface area contributed by atoms with Gasteiger partial charge in [-0.15, -0.1) is 0 Å². The van der Waals surface area contributed by atoms with E-state index in [2.05, 4.69) is 12.2 Å². The smallest absolute Gasteiger partial charge is 0.128 e. The van der Waals surface area contributed by atoms with Gasteiger partial charge in [-0.3, -0.25) is 0 Å². The van der Waals surface area contributed by atoms with Gasteiger partial charge in [0.1, 0.15) is 5.82 Å². The maximum atomic E-state index is 14.1. The van der Waals surface area contributed by atoms with Crippen molar-refractivity contribution >= 4 is 23.2 Å². The number of halogens is 3. The van der Waals surface area contributed by atoms with Gasteiger partial charge >= 0.3 is 0 Å². The van der Waals surface area contributed by atoms with Crippen molar-refractivity contribution in [2.75, 3.05) is 6.54 Å². The number of benzene rings is 2. The zero-order chi connectivity index (χ0) is 14.5. The van der Waals surface area contributed by atoms with Crippen molar-refractivity contribution in [1.82, 2.24) is 5.32 Å². The van der Waals surface area contributed by atoms with E-state index in [0.717, 1.165) is 18.5 Å². The quantitative estimate of drug-likeness (QED) is 0.798. The number of hydrogen-bond donors (Lipinski definition) is 1. The lowest BCUT2D eigenvalue weighted by molar-refractivity contribution is 0.547. The molecule has 0 radical (unpaired) electrons. The minimum Gasteiger partial charge on any atom is -0.306 e. The predicted octanol–water partition coefficient (Wildman–Crippen LogP) is 5.22. The third kappa shape index (κ3) is 3.51. The first kappa shape index (κ1) is 15.3.